The average molecular weight is 424 g/mol. The Labute approximate surface area is 182 Å². The largest absolute Gasteiger partial charge is 0.326 e. The maximum atomic E-state index is 12.8. The summed E-state index contributed by atoms with van der Waals surface area (Å²) in [6, 6.07) is 17.7. The fraction of sp³-hybridized carbons (Fsp3) is 0.0800. The van der Waals surface area contributed by atoms with Gasteiger partial charge < -0.3 is 5.32 Å². The van der Waals surface area contributed by atoms with Crippen LogP contribution in [0.2, 0.25) is 0 Å². The fourth-order valence-electron chi connectivity index (χ4n) is 4.06. The number of imide groups is 1. The van der Waals surface area contributed by atoms with E-state index in [-0.39, 0.29) is 35.7 Å². The van der Waals surface area contributed by atoms with Gasteiger partial charge in [0, 0.05) is 40.9 Å². The van der Waals surface area contributed by atoms with E-state index in [1.54, 1.807) is 54.6 Å². The molecule has 156 valence electrons. The zero-order valence-corrected chi connectivity index (χ0v) is 16.8. The van der Waals surface area contributed by atoms with Crippen LogP contribution < -0.4 is 5.32 Å². The number of fused-ring (bicyclic) bond motifs is 3. The van der Waals surface area contributed by atoms with E-state index < -0.39 is 17.7 Å². The Kier molecular flexibility index (Phi) is 4.52. The lowest BCUT2D eigenvalue weighted by molar-refractivity contribution is -0.116. The summed E-state index contributed by atoms with van der Waals surface area (Å²) >= 11 is 0. The molecule has 0 bridgehead atoms. The van der Waals surface area contributed by atoms with Crippen molar-refractivity contribution in [3.63, 3.8) is 0 Å². The van der Waals surface area contributed by atoms with Crippen LogP contribution in [-0.4, -0.2) is 40.7 Å². The van der Waals surface area contributed by atoms with Crippen molar-refractivity contribution < 1.29 is 24.0 Å². The highest BCUT2D eigenvalue weighted by Crippen LogP contribution is 2.29. The molecule has 7 heteroatoms. The maximum Gasteiger partial charge on any atom is 0.261 e. The molecule has 0 radical (unpaired) electrons. The molecule has 3 aromatic carbocycles. The van der Waals surface area contributed by atoms with Gasteiger partial charge in [-0.15, -0.1) is 0 Å². The van der Waals surface area contributed by atoms with Crippen LogP contribution >= 0.6 is 0 Å². The molecule has 3 aromatic rings. The Morgan fingerprint density at radius 2 is 1.16 bits per heavy atom. The second-order valence-electron chi connectivity index (χ2n) is 7.57. The number of hydrogen-bond donors (Lipinski definition) is 1. The van der Waals surface area contributed by atoms with Gasteiger partial charge >= 0.3 is 0 Å². The van der Waals surface area contributed by atoms with E-state index in [1.807, 2.05) is 0 Å². The normalized spacial score (nSPS) is 14.2. The molecule has 1 aliphatic heterocycles. The first kappa shape index (κ1) is 19.6. The lowest BCUT2D eigenvalue weighted by Crippen LogP contribution is -2.32. The third kappa shape index (κ3) is 3.02. The van der Waals surface area contributed by atoms with E-state index in [2.05, 4.69) is 5.32 Å². The minimum absolute atomic E-state index is 0.0616. The van der Waals surface area contributed by atoms with E-state index in [1.165, 1.54) is 12.1 Å². The number of carbonyl (C=O) groups excluding carboxylic acids is 5. The van der Waals surface area contributed by atoms with Gasteiger partial charge in [0.1, 0.15) is 0 Å². The molecule has 5 rings (SSSR count). The first-order chi connectivity index (χ1) is 15.5. The Balaban J connectivity index is 1.29. The van der Waals surface area contributed by atoms with Gasteiger partial charge in [0.25, 0.3) is 11.8 Å². The predicted octanol–water partition coefficient (Wildman–Crippen LogP) is 3.09. The van der Waals surface area contributed by atoms with Crippen molar-refractivity contribution in [2.75, 3.05) is 11.9 Å². The molecule has 0 atom stereocenters. The molecule has 0 spiro atoms. The molecule has 1 aliphatic carbocycles. The standard InChI is InChI=1S/C25H16N2O5/c28-21(11-12-27-24(31)18-7-3-4-8-19(18)25(27)32)26-14-9-10-17-20(13-14)23(30)16-6-2-1-5-15(16)22(17)29/h1-10,13H,11-12H2,(H,26,28). The van der Waals surface area contributed by atoms with Crippen molar-refractivity contribution in [1.29, 1.82) is 0 Å². The third-order valence-corrected chi connectivity index (χ3v) is 5.65. The number of hydrogen-bond acceptors (Lipinski definition) is 5. The van der Waals surface area contributed by atoms with Gasteiger partial charge in [-0.2, -0.15) is 0 Å². The molecule has 0 saturated heterocycles. The van der Waals surface area contributed by atoms with Gasteiger partial charge in [0.2, 0.25) is 5.91 Å². The molecule has 2 aliphatic rings. The molecule has 3 amide bonds. The van der Waals surface area contributed by atoms with Gasteiger partial charge in [-0.1, -0.05) is 36.4 Å². The molecule has 0 fully saturated rings. The summed E-state index contributed by atoms with van der Waals surface area (Å²) in [5.74, 6) is -1.78. The second-order valence-corrected chi connectivity index (χ2v) is 7.57. The van der Waals surface area contributed by atoms with Crippen molar-refractivity contribution in [1.82, 2.24) is 4.90 Å². The van der Waals surface area contributed by atoms with E-state index in [4.69, 9.17) is 0 Å². The molecule has 1 N–H and O–H groups in total. The highest BCUT2D eigenvalue weighted by atomic mass is 16.2. The molecule has 1 heterocycles. The minimum atomic E-state index is -0.421. The van der Waals surface area contributed by atoms with E-state index >= 15 is 0 Å². The summed E-state index contributed by atoms with van der Waals surface area (Å²) in [7, 11) is 0. The summed E-state index contributed by atoms with van der Waals surface area (Å²) in [6.45, 7) is -0.0616. The number of nitrogens with one attached hydrogen (secondary N) is 1. The van der Waals surface area contributed by atoms with Gasteiger partial charge in [0.15, 0.2) is 11.6 Å². The van der Waals surface area contributed by atoms with Crippen molar-refractivity contribution in [2.24, 2.45) is 0 Å². The van der Waals surface area contributed by atoms with E-state index in [0.29, 0.717) is 27.9 Å². The molecule has 32 heavy (non-hydrogen) atoms. The lowest BCUT2D eigenvalue weighted by Gasteiger charge is -2.18. The summed E-state index contributed by atoms with van der Waals surface area (Å²) < 4.78 is 0. The monoisotopic (exact) mass is 424 g/mol. The average Bonchev–Trinajstić information content (AvgIpc) is 3.06. The molecular weight excluding hydrogens is 408 g/mol. The number of anilines is 1. The van der Waals surface area contributed by atoms with Gasteiger partial charge in [0.05, 0.1) is 11.1 Å². The van der Waals surface area contributed by atoms with Crippen molar-refractivity contribution in [3.8, 4) is 0 Å². The lowest BCUT2D eigenvalue weighted by atomic mass is 9.84. The highest BCUT2D eigenvalue weighted by molar-refractivity contribution is 6.28. The van der Waals surface area contributed by atoms with Crippen LogP contribution in [0, 0.1) is 0 Å². The van der Waals surface area contributed by atoms with Crippen molar-refractivity contribution >= 4 is 35.0 Å². The van der Waals surface area contributed by atoms with Crippen LogP contribution in [0.3, 0.4) is 0 Å². The molecule has 0 unspecified atom stereocenters. The number of amides is 3. The van der Waals surface area contributed by atoms with Gasteiger partial charge in [-0.25, -0.2) is 0 Å². The molecule has 0 saturated carbocycles. The van der Waals surface area contributed by atoms with Gasteiger partial charge in [-0.3, -0.25) is 28.9 Å². The number of ketones is 2. The fourth-order valence-corrected chi connectivity index (χ4v) is 4.06. The Hall–Kier alpha value is -4.39. The zero-order valence-electron chi connectivity index (χ0n) is 16.8. The van der Waals surface area contributed by atoms with Crippen LogP contribution in [-0.2, 0) is 4.79 Å². The Morgan fingerprint density at radius 3 is 1.75 bits per heavy atom. The molecular formula is C25H16N2O5. The van der Waals surface area contributed by atoms with E-state index in [9.17, 15) is 24.0 Å². The summed E-state index contributed by atoms with van der Waals surface area (Å²) in [6.07, 6.45) is -0.0989. The molecule has 7 nitrogen and oxygen atoms in total. The number of benzene rings is 3. The second kappa shape index (κ2) is 7.39. The number of carbonyl (C=O) groups is 5. The number of rotatable bonds is 4. The van der Waals surface area contributed by atoms with Crippen LogP contribution in [0.4, 0.5) is 5.69 Å². The summed E-state index contributed by atoms with van der Waals surface area (Å²) in [5.41, 5.74) is 2.23. The van der Waals surface area contributed by atoms with Crippen molar-refractivity contribution in [3.05, 3.63) is 100 Å². The van der Waals surface area contributed by atoms with Crippen LogP contribution in [0.5, 0.6) is 0 Å². The first-order valence-electron chi connectivity index (χ1n) is 10.0. The minimum Gasteiger partial charge on any atom is -0.326 e. The predicted molar refractivity (Wildman–Crippen MR) is 115 cm³/mol. The van der Waals surface area contributed by atoms with Crippen LogP contribution in [0.1, 0.15) is 59.0 Å². The Morgan fingerprint density at radius 1 is 0.656 bits per heavy atom. The molecule has 0 aromatic heterocycles. The highest BCUT2D eigenvalue weighted by Gasteiger charge is 2.35. The van der Waals surface area contributed by atoms with Gasteiger partial charge in [-0.05, 0) is 30.3 Å². The first-order valence-corrected chi connectivity index (χ1v) is 10.0. The number of nitrogens with zero attached hydrogens (tertiary/aromatic N) is 1. The smallest absolute Gasteiger partial charge is 0.261 e. The topological polar surface area (TPSA) is 101 Å². The van der Waals surface area contributed by atoms with Crippen molar-refractivity contribution in [2.45, 2.75) is 6.42 Å². The zero-order chi connectivity index (χ0) is 22.4. The van der Waals surface area contributed by atoms with Crippen LogP contribution in [0.25, 0.3) is 0 Å². The summed E-state index contributed by atoms with van der Waals surface area (Å²) in [4.78, 5) is 63.8. The van der Waals surface area contributed by atoms with E-state index in [0.717, 1.165) is 4.90 Å². The SMILES string of the molecule is O=C(CCN1C(=O)c2ccccc2C1=O)Nc1ccc2c(c1)C(=O)c1ccccc1C2=O. The third-order valence-electron chi connectivity index (χ3n) is 5.65. The summed E-state index contributed by atoms with van der Waals surface area (Å²) in [5, 5.41) is 2.67. The maximum absolute atomic E-state index is 12.8. The van der Waals surface area contributed by atoms with Crippen LogP contribution in [0.15, 0.2) is 66.7 Å². The quantitative estimate of drug-likeness (QED) is 0.508. The Bertz CT molecular complexity index is 1320.